The van der Waals surface area contributed by atoms with Crippen molar-refractivity contribution in [2.75, 3.05) is 12.4 Å². The van der Waals surface area contributed by atoms with Gasteiger partial charge in [0.25, 0.3) is 0 Å². The van der Waals surface area contributed by atoms with Gasteiger partial charge in [-0.05, 0) is 67.4 Å². The molecule has 0 N–H and O–H groups in total. The fourth-order valence-corrected chi connectivity index (χ4v) is 6.06. The van der Waals surface area contributed by atoms with Gasteiger partial charge in [-0.2, -0.15) is 5.26 Å². The van der Waals surface area contributed by atoms with Crippen molar-refractivity contribution in [3.63, 3.8) is 0 Å². The number of nitrogens with zero attached hydrogens (tertiary/aromatic N) is 1. The van der Waals surface area contributed by atoms with Crippen molar-refractivity contribution in [1.82, 2.24) is 0 Å². The zero-order valence-electron chi connectivity index (χ0n) is 22.7. The van der Waals surface area contributed by atoms with E-state index >= 15 is 0 Å². The third-order valence-corrected chi connectivity index (χ3v) is 16.9. The lowest BCUT2D eigenvalue weighted by atomic mass is 10.0. The molecule has 0 aliphatic carbocycles. The summed E-state index contributed by atoms with van der Waals surface area (Å²) >= 11 is 1.20. The van der Waals surface area contributed by atoms with Gasteiger partial charge in [0, 0.05) is 5.75 Å². The summed E-state index contributed by atoms with van der Waals surface area (Å²) in [7, 11) is -4.11. The predicted molar refractivity (Wildman–Crippen MR) is 140 cm³/mol. The molecule has 9 heteroatoms. The van der Waals surface area contributed by atoms with E-state index in [-0.39, 0.29) is 28.4 Å². The molecule has 2 rings (SSSR count). The number of hydrogen-bond acceptors (Lipinski definition) is 7. The van der Waals surface area contributed by atoms with Gasteiger partial charge < -0.3 is 23.1 Å². The molecular weight excluding hydrogens is 471 g/mol. The molecule has 2 fully saturated rings. The van der Waals surface area contributed by atoms with E-state index in [1.54, 1.807) is 0 Å². The zero-order chi connectivity index (χ0) is 25.5. The van der Waals surface area contributed by atoms with Crippen LogP contribution < -0.4 is 0 Å². The maximum Gasteiger partial charge on any atom is 0.192 e. The predicted octanol–water partition coefficient (Wildman–Crippen LogP) is 6.42. The minimum Gasteiger partial charge on any atom is -0.414 e. The SMILES string of the molecule is CC1(C)O[C@H]2O[C@H]([C@@H](CO[Si](C)(C)C(C)(C)C)O[Si](C)(C)C(C)(C)C)/C(=C/CSC#N)[C@H]2O1. The Bertz CT molecular complexity index is 764. The van der Waals surface area contributed by atoms with Gasteiger partial charge in [0.1, 0.15) is 17.6 Å². The Morgan fingerprint density at radius 2 is 1.64 bits per heavy atom. The molecular formula is C24H45NO5SSi2. The van der Waals surface area contributed by atoms with Crippen molar-refractivity contribution in [2.45, 2.75) is 122 Å². The van der Waals surface area contributed by atoms with E-state index in [4.69, 9.17) is 28.3 Å². The molecule has 0 unspecified atom stereocenters. The molecule has 0 radical (unpaired) electrons. The van der Waals surface area contributed by atoms with E-state index in [0.29, 0.717) is 12.4 Å². The van der Waals surface area contributed by atoms with Crippen LogP contribution in [0.3, 0.4) is 0 Å². The van der Waals surface area contributed by atoms with E-state index in [1.165, 1.54) is 11.8 Å². The Kier molecular flexibility index (Phi) is 8.85. The number of thioether (sulfide) groups is 1. The fourth-order valence-electron chi connectivity index (χ4n) is 3.40. The Morgan fingerprint density at radius 1 is 1.06 bits per heavy atom. The molecule has 0 aromatic rings. The summed E-state index contributed by atoms with van der Waals surface area (Å²) in [6.07, 6.45) is 0.653. The first kappa shape index (κ1) is 29.0. The monoisotopic (exact) mass is 515 g/mol. The number of fused-ring (bicyclic) bond motifs is 1. The minimum atomic E-state index is -2.12. The maximum atomic E-state index is 9.04. The number of thiocyanates is 1. The van der Waals surface area contributed by atoms with Gasteiger partial charge in [-0.3, -0.25) is 0 Å². The average molecular weight is 516 g/mol. The summed E-state index contributed by atoms with van der Waals surface area (Å²) in [5.41, 5.74) is 0.996. The highest BCUT2D eigenvalue weighted by Crippen LogP contribution is 2.45. The van der Waals surface area contributed by atoms with Gasteiger partial charge in [0.05, 0.1) is 12.7 Å². The van der Waals surface area contributed by atoms with Gasteiger partial charge in [-0.1, -0.05) is 47.6 Å². The van der Waals surface area contributed by atoms with Crippen LogP contribution in [0.2, 0.25) is 36.3 Å². The highest BCUT2D eigenvalue weighted by Gasteiger charge is 2.55. The van der Waals surface area contributed by atoms with E-state index in [0.717, 1.165) is 5.57 Å². The molecule has 0 bridgehead atoms. The maximum absolute atomic E-state index is 9.04. The third-order valence-electron chi connectivity index (χ3n) is 7.47. The molecule has 2 heterocycles. The third kappa shape index (κ3) is 6.94. The van der Waals surface area contributed by atoms with Crippen LogP contribution in [0.4, 0.5) is 0 Å². The second kappa shape index (κ2) is 10.1. The van der Waals surface area contributed by atoms with Crippen molar-refractivity contribution >= 4 is 28.4 Å². The Balaban J connectivity index is 2.39. The molecule has 0 aromatic heterocycles. The van der Waals surface area contributed by atoms with Crippen LogP contribution in [0.5, 0.6) is 0 Å². The summed E-state index contributed by atoms with van der Waals surface area (Å²) < 4.78 is 32.3. The van der Waals surface area contributed by atoms with Gasteiger partial charge in [-0.25, -0.2) is 0 Å². The average Bonchev–Trinajstić information content (AvgIpc) is 3.09. The molecule has 33 heavy (non-hydrogen) atoms. The second-order valence-electron chi connectivity index (χ2n) is 12.6. The lowest BCUT2D eigenvalue weighted by Crippen LogP contribution is -2.51. The molecule has 2 saturated heterocycles. The molecule has 0 aromatic carbocycles. The van der Waals surface area contributed by atoms with Crippen LogP contribution in [-0.2, 0) is 23.1 Å². The minimum absolute atomic E-state index is 0.0478. The zero-order valence-corrected chi connectivity index (χ0v) is 25.5. The molecule has 0 amide bonds. The standard InChI is InChI=1S/C24H45NO5SSi2/c1-22(2,3)32(9,10)26-15-18(30-33(11,12)23(4,5)6)19-17(13-14-31-16-25)20-21(27-19)29-24(7,8)28-20/h13,18-21H,14-15H2,1-12H3/b17-13-/t18-,19+,20-,21-/m1/s1. The summed E-state index contributed by atoms with van der Waals surface area (Å²) in [5, 5.41) is 11.3. The van der Waals surface area contributed by atoms with Crippen molar-refractivity contribution < 1.29 is 23.1 Å². The highest BCUT2D eigenvalue weighted by atomic mass is 32.2. The molecule has 0 saturated carbocycles. The first-order valence-electron chi connectivity index (χ1n) is 11.8. The van der Waals surface area contributed by atoms with Crippen LogP contribution in [-0.4, -0.2) is 59.4 Å². The van der Waals surface area contributed by atoms with E-state index in [9.17, 15) is 0 Å². The topological polar surface area (TPSA) is 69.9 Å². The van der Waals surface area contributed by atoms with Gasteiger partial charge >= 0.3 is 0 Å². The molecule has 4 atom stereocenters. The Hall–Kier alpha value is -0.186. The number of hydrogen-bond donors (Lipinski definition) is 0. The Labute approximate surface area is 208 Å². The Morgan fingerprint density at radius 3 is 2.15 bits per heavy atom. The number of rotatable bonds is 8. The van der Waals surface area contributed by atoms with Crippen molar-refractivity contribution in [2.24, 2.45) is 0 Å². The lowest BCUT2D eigenvalue weighted by Gasteiger charge is -2.43. The summed E-state index contributed by atoms with van der Waals surface area (Å²) in [6, 6.07) is 0. The van der Waals surface area contributed by atoms with E-state index in [1.807, 2.05) is 13.8 Å². The summed E-state index contributed by atoms with van der Waals surface area (Å²) in [6.45, 7) is 26.7. The van der Waals surface area contributed by atoms with Gasteiger partial charge in [0.15, 0.2) is 28.7 Å². The van der Waals surface area contributed by atoms with Crippen LogP contribution >= 0.6 is 11.8 Å². The lowest BCUT2D eigenvalue weighted by molar-refractivity contribution is -0.208. The van der Waals surface area contributed by atoms with Crippen molar-refractivity contribution in [3.05, 3.63) is 11.6 Å². The molecule has 6 nitrogen and oxygen atoms in total. The molecule has 0 spiro atoms. The fraction of sp³-hybridized carbons (Fsp3) is 0.875. The molecule has 2 aliphatic rings. The van der Waals surface area contributed by atoms with Gasteiger partial charge in [0.2, 0.25) is 0 Å². The summed E-state index contributed by atoms with van der Waals surface area (Å²) in [4.78, 5) is 0. The first-order chi connectivity index (χ1) is 14.8. The van der Waals surface area contributed by atoms with Crippen LogP contribution in [0.25, 0.3) is 0 Å². The second-order valence-corrected chi connectivity index (χ2v) is 22.9. The quantitative estimate of drug-likeness (QED) is 0.160. The normalized spacial score (nSPS) is 28.1. The highest BCUT2D eigenvalue weighted by molar-refractivity contribution is 8.03. The van der Waals surface area contributed by atoms with Gasteiger partial charge in [-0.15, -0.1) is 0 Å². The molecule has 190 valence electrons. The molecule has 2 aliphatic heterocycles. The van der Waals surface area contributed by atoms with Crippen molar-refractivity contribution in [3.8, 4) is 5.40 Å². The summed E-state index contributed by atoms with van der Waals surface area (Å²) in [5.74, 6) is -0.149. The van der Waals surface area contributed by atoms with Crippen LogP contribution in [0.15, 0.2) is 11.6 Å². The van der Waals surface area contributed by atoms with E-state index in [2.05, 4.69) is 79.2 Å². The first-order valence-corrected chi connectivity index (χ1v) is 18.7. The van der Waals surface area contributed by atoms with Crippen molar-refractivity contribution in [1.29, 1.82) is 5.26 Å². The van der Waals surface area contributed by atoms with Crippen LogP contribution in [0.1, 0.15) is 55.4 Å². The smallest absolute Gasteiger partial charge is 0.192 e. The largest absolute Gasteiger partial charge is 0.414 e. The number of ether oxygens (including phenoxy) is 3. The van der Waals surface area contributed by atoms with Crippen LogP contribution in [0, 0.1) is 10.7 Å². The van der Waals surface area contributed by atoms with E-state index < -0.39 is 28.7 Å². The number of nitriles is 1.